The van der Waals surface area contributed by atoms with E-state index in [-0.39, 0.29) is 0 Å². The third kappa shape index (κ3) is 9.26. The summed E-state index contributed by atoms with van der Waals surface area (Å²) in [6.45, 7) is 9.66. The first kappa shape index (κ1) is 24.5. The zero-order valence-electron chi connectivity index (χ0n) is 19.4. The molecule has 0 bridgehead atoms. The summed E-state index contributed by atoms with van der Waals surface area (Å²) in [6, 6.07) is 13.7. The molecule has 0 N–H and O–H groups in total. The molecule has 0 saturated heterocycles. The lowest BCUT2D eigenvalue weighted by Crippen LogP contribution is -2.07. The van der Waals surface area contributed by atoms with Crippen molar-refractivity contribution in [3.05, 3.63) is 76.9 Å². The van der Waals surface area contributed by atoms with Gasteiger partial charge < -0.3 is 4.74 Å². The lowest BCUT2D eigenvalue weighted by Gasteiger charge is -2.07. The topological polar surface area (TPSA) is 26.3 Å². The fourth-order valence-electron chi connectivity index (χ4n) is 3.45. The van der Waals surface area contributed by atoms with Crippen LogP contribution in [0.2, 0.25) is 0 Å². The molecule has 0 amide bonds. The number of rotatable bonds is 11. The van der Waals surface area contributed by atoms with E-state index in [0.717, 1.165) is 17.5 Å². The van der Waals surface area contributed by atoms with Crippen LogP contribution in [0.4, 0.5) is 0 Å². The van der Waals surface area contributed by atoms with Crippen molar-refractivity contribution in [3.8, 4) is 17.6 Å². The van der Waals surface area contributed by atoms with E-state index in [9.17, 15) is 4.79 Å². The third-order valence-corrected chi connectivity index (χ3v) is 5.41. The van der Waals surface area contributed by atoms with Crippen molar-refractivity contribution < 1.29 is 9.53 Å². The van der Waals surface area contributed by atoms with Gasteiger partial charge in [0.25, 0.3) is 0 Å². The van der Waals surface area contributed by atoms with Crippen LogP contribution in [0.3, 0.4) is 0 Å². The van der Waals surface area contributed by atoms with Crippen LogP contribution < -0.4 is 4.74 Å². The first-order valence-electron chi connectivity index (χ1n) is 11.6. The lowest BCUT2D eigenvalue weighted by atomic mass is 9.99. The van der Waals surface area contributed by atoms with E-state index in [1.165, 1.54) is 62.5 Å². The van der Waals surface area contributed by atoms with Gasteiger partial charge >= 0.3 is 5.97 Å². The molecule has 2 aromatic carbocycles. The second-order valence-electron chi connectivity index (χ2n) is 8.31. The number of hydrogen-bond donors (Lipinski definition) is 0. The van der Waals surface area contributed by atoms with E-state index in [4.69, 9.17) is 4.74 Å². The van der Waals surface area contributed by atoms with Crippen molar-refractivity contribution in [3.63, 3.8) is 0 Å². The van der Waals surface area contributed by atoms with Crippen molar-refractivity contribution in [2.75, 3.05) is 0 Å². The Morgan fingerprint density at radius 3 is 2.06 bits per heavy atom. The SMILES string of the molecule is C=C(C)C(=O)Oc1ccc(C#Cc2ccc(CCCCCCCCCC)c(C)c2)cc1. The molecule has 0 aromatic heterocycles. The zero-order valence-corrected chi connectivity index (χ0v) is 19.4. The molecule has 0 aliphatic carbocycles. The molecule has 31 heavy (non-hydrogen) atoms. The predicted octanol–water partition coefficient (Wildman–Crippen LogP) is 7.56. The van der Waals surface area contributed by atoms with E-state index in [0.29, 0.717) is 11.3 Å². The van der Waals surface area contributed by atoms with Gasteiger partial charge in [0.05, 0.1) is 0 Å². The third-order valence-electron chi connectivity index (χ3n) is 5.41. The second kappa shape index (κ2) is 13.5. The summed E-state index contributed by atoms with van der Waals surface area (Å²) in [5.74, 6) is 6.50. The highest BCUT2D eigenvalue weighted by molar-refractivity contribution is 5.88. The monoisotopic (exact) mass is 416 g/mol. The average molecular weight is 417 g/mol. The summed E-state index contributed by atoms with van der Waals surface area (Å²) in [6.07, 6.45) is 12.0. The Bertz CT molecular complexity index is 910. The van der Waals surface area contributed by atoms with Crippen LogP contribution >= 0.6 is 0 Å². The summed E-state index contributed by atoms with van der Waals surface area (Å²) in [7, 11) is 0. The molecule has 0 aliphatic rings. The fourth-order valence-corrected chi connectivity index (χ4v) is 3.45. The Labute approximate surface area is 188 Å². The summed E-state index contributed by atoms with van der Waals surface area (Å²) in [5, 5.41) is 0. The molecule has 2 heteroatoms. The minimum atomic E-state index is -0.415. The molecule has 0 atom stereocenters. The highest BCUT2D eigenvalue weighted by Gasteiger charge is 2.04. The molecule has 2 aromatic rings. The Morgan fingerprint density at radius 1 is 0.871 bits per heavy atom. The van der Waals surface area contributed by atoms with Crippen LogP contribution in [0.1, 0.15) is 87.5 Å². The largest absolute Gasteiger partial charge is 0.423 e. The van der Waals surface area contributed by atoms with Gasteiger partial charge in [-0.1, -0.05) is 76.4 Å². The van der Waals surface area contributed by atoms with Crippen LogP contribution in [0.15, 0.2) is 54.6 Å². The number of hydrogen-bond acceptors (Lipinski definition) is 2. The molecule has 0 spiro atoms. The van der Waals surface area contributed by atoms with Gasteiger partial charge in [-0.25, -0.2) is 4.79 Å². The summed E-state index contributed by atoms with van der Waals surface area (Å²) in [4.78, 5) is 11.6. The van der Waals surface area contributed by atoms with Gasteiger partial charge in [-0.2, -0.15) is 0 Å². The smallest absolute Gasteiger partial charge is 0.338 e. The quantitative estimate of drug-likeness (QED) is 0.124. The molecule has 0 unspecified atom stereocenters. The van der Waals surface area contributed by atoms with Crippen molar-refractivity contribution in [1.82, 2.24) is 0 Å². The molecular weight excluding hydrogens is 380 g/mol. The Morgan fingerprint density at radius 2 is 1.45 bits per heavy atom. The van der Waals surface area contributed by atoms with Gasteiger partial charge in [0.1, 0.15) is 5.75 Å². The summed E-state index contributed by atoms with van der Waals surface area (Å²) >= 11 is 0. The van der Waals surface area contributed by atoms with Crippen molar-refractivity contribution in [1.29, 1.82) is 0 Å². The number of esters is 1. The highest BCUT2D eigenvalue weighted by Crippen LogP contribution is 2.16. The number of carbonyl (C=O) groups excluding carboxylic acids is 1. The lowest BCUT2D eigenvalue weighted by molar-refractivity contribution is -0.130. The average Bonchev–Trinajstić information content (AvgIpc) is 2.76. The molecule has 2 nitrogen and oxygen atoms in total. The van der Waals surface area contributed by atoms with Gasteiger partial charge in [0, 0.05) is 16.7 Å². The molecule has 0 aliphatic heterocycles. The summed E-state index contributed by atoms with van der Waals surface area (Å²) < 4.78 is 5.21. The van der Waals surface area contributed by atoms with Crippen LogP contribution in [0.25, 0.3) is 0 Å². The number of benzene rings is 2. The van der Waals surface area contributed by atoms with Crippen molar-refractivity contribution >= 4 is 5.97 Å². The van der Waals surface area contributed by atoms with E-state index in [1.807, 2.05) is 12.1 Å². The Hall–Kier alpha value is -2.79. The number of aryl methyl sites for hydroxylation is 2. The minimum Gasteiger partial charge on any atom is -0.423 e. The van der Waals surface area contributed by atoms with E-state index in [1.54, 1.807) is 19.1 Å². The van der Waals surface area contributed by atoms with E-state index >= 15 is 0 Å². The maximum Gasteiger partial charge on any atom is 0.338 e. The Kier molecular flexibility index (Phi) is 10.7. The van der Waals surface area contributed by atoms with Crippen molar-refractivity contribution in [2.45, 2.75) is 78.6 Å². The fraction of sp³-hybridized carbons (Fsp3) is 0.414. The van der Waals surface area contributed by atoms with Crippen LogP contribution in [-0.2, 0) is 11.2 Å². The van der Waals surface area contributed by atoms with Gasteiger partial charge in [0.2, 0.25) is 0 Å². The maximum atomic E-state index is 11.6. The first-order chi connectivity index (χ1) is 15.0. The molecule has 2 rings (SSSR count). The normalized spacial score (nSPS) is 10.3. The summed E-state index contributed by atoms with van der Waals surface area (Å²) in [5.41, 5.74) is 5.04. The van der Waals surface area contributed by atoms with Gasteiger partial charge in [-0.05, 0) is 74.2 Å². The number of carbonyl (C=O) groups is 1. The molecule has 0 radical (unpaired) electrons. The highest BCUT2D eigenvalue weighted by atomic mass is 16.5. The van der Waals surface area contributed by atoms with E-state index in [2.05, 4.69) is 50.5 Å². The molecule has 0 heterocycles. The maximum absolute atomic E-state index is 11.6. The zero-order chi connectivity index (χ0) is 22.5. The molecular formula is C29H36O2. The van der Waals surface area contributed by atoms with Crippen LogP contribution in [0, 0.1) is 18.8 Å². The molecule has 164 valence electrons. The molecule has 0 fully saturated rings. The van der Waals surface area contributed by atoms with Crippen molar-refractivity contribution in [2.24, 2.45) is 0 Å². The van der Waals surface area contributed by atoms with E-state index < -0.39 is 5.97 Å². The van der Waals surface area contributed by atoms with Crippen LogP contribution in [-0.4, -0.2) is 5.97 Å². The number of ether oxygens (including phenoxy) is 1. The number of unbranched alkanes of at least 4 members (excludes halogenated alkanes) is 7. The molecule has 0 saturated carbocycles. The van der Waals surface area contributed by atoms with Crippen LogP contribution in [0.5, 0.6) is 5.75 Å². The Balaban J connectivity index is 1.82. The van der Waals surface area contributed by atoms with Gasteiger partial charge in [-0.15, -0.1) is 0 Å². The first-order valence-corrected chi connectivity index (χ1v) is 11.6. The van der Waals surface area contributed by atoms with Gasteiger partial charge in [0.15, 0.2) is 0 Å². The minimum absolute atomic E-state index is 0.380. The second-order valence-corrected chi connectivity index (χ2v) is 8.31. The standard InChI is InChI=1S/C29H36O2/c1-5-6-7-8-9-10-11-12-13-27-19-16-26(22-24(27)4)15-14-25-17-20-28(21-18-25)31-29(30)23(2)3/h16-22H,2,5-13H2,1,3-4H3. The van der Waals surface area contributed by atoms with Gasteiger partial charge in [-0.3, -0.25) is 0 Å². The predicted molar refractivity (Wildman–Crippen MR) is 130 cm³/mol.